The van der Waals surface area contributed by atoms with Crippen LogP contribution in [0.1, 0.15) is 57.7 Å². The molecule has 0 unspecified atom stereocenters. The lowest BCUT2D eigenvalue weighted by Gasteiger charge is -2.50. The van der Waals surface area contributed by atoms with Gasteiger partial charge in [0.15, 0.2) is 0 Å². The monoisotopic (exact) mass is 324 g/mol. The molecule has 1 heterocycles. The first kappa shape index (κ1) is 14.6. The van der Waals surface area contributed by atoms with Crippen LogP contribution in [0.2, 0.25) is 0 Å². The summed E-state index contributed by atoms with van der Waals surface area (Å²) in [4.78, 5) is 12.4. The zero-order chi connectivity index (χ0) is 16.3. The van der Waals surface area contributed by atoms with Gasteiger partial charge in [-0.2, -0.15) is 5.21 Å². The number of carbonyl (C=O) groups excluding carboxylic acids is 1. The largest absolute Gasteiger partial charge is 0.299 e. The first-order chi connectivity index (χ1) is 11.7. The number of carbonyl (C=O) groups is 1. The average molecular weight is 324 g/mol. The predicted octanol–water partition coefficient (Wildman–Crippen LogP) is 3.33. The third-order valence-electron chi connectivity index (χ3n) is 7.47. The van der Waals surface area contributed by atoms with Gasteiger partial charge in [-0.1, -0.05) is 19.1 Å². The van der Waals surface area contributed by atoms with Crippen LogP contribution in [0, 0.1) is 29.1 Å². The summed E-state index contributed by atoms with van der Waals surface area (Å²) in [6.07, 6.45) is 12.4. The number of rotatable bonds is 1. The highest BCUT2D eigenvalue weighted by Gasteiger charge is 2.55. The molecule has 5 nitrogen and oxygen atoms in total. The molecule has 1 aromatic heterocycles. The first-order valence-electron chi connectivity index (χ1n) is 9.34. The smallest absolute Gasteiger partial charge is 0.200 e. The zero-order valence-corrected chi connectivity index (χ0v) is 14.2. The van der Waals surface area contributed by atoms with Crippen molar-refractivity contribution in [3.63, 3.8) is 0 Å². The molecule has 0 bridgehead atoms. The summed E-state index contributed by atoms with van der Waals surface area (Å²) >= 11 is 0. The molecule has 126 valence electrons. The van der Waals surface area contributed by atoms with Gasteiger partial charge in [0.1, 0.15) is 5.78 Å². The highest BCUT2D eigenvalue weighted by molar-refractivity contribution is 5.87. The number of nitrogens with zero attached hydrogens (tertiary/aromatic N) is 3. The molecule has 2 fully saturated rings. The van der Waals surface area contributed by atoms with Crippen molar-refractivity contribution in [3.05, 3.63) is 23.5 Å². The van der Waals surface area contributed by atoms with Crippen LogP contribution in [0.15, 0.2) is 17.7 Å². The quantitative estimate of drug-likeness (QED) is 0.860. The van der Waals surface area contributed by atoms with E-state index in [9.17, 15) is 4.79 Å². The van der Waals surface area contributed by atoms with E-state index in [1.54, 1.807) is 0 Å². The van der Waals surface area contributed by atoms with Crippen molar-refractivity contribution in [2.24, 2.45) is 29.1 Å². The molecule has 5 heteroatoms. The number of H-pyrrole nitrogens is 1. The Balaban J connectivity index is 1.46. The van der Waals surface area contributed by atoms with Crippen molar-refractivity contribution in [2.75, 3.05) is 0 Å². The second-order valence-electron chi connectivity index (χ2n) is 8.34. The van der Waals surface area contributed by atoms with Gasteiger partial charge in [-0.3, -0.25) is 4.79 Å². The minimum absolute atomic E-state index is 0.0210. The summed E-state index contributed by atoms with van der Waals surface area (Å²) in [5, 5.41) is 14.5. The lowest BCUT2D eigenvalue weighted by Crippen LogP contribution is -2.45. The fourth-order valence-corrected chi connectivity index (χ4v) is 6.20. The number of aromatic nitrogens is 4. The van der Waals surface area contributed by atoms with E-state index in [1.165, 1.54) is 24.0 Å². The maximum atomic E-state index is 12.4. The van der Waals surface area contributed by atoms with E-state index in [1.807, 2.05) is 0 Å². The molecule has 2 saturated carbocycles. The van der Waals surface area contributed by atoms with Crippen LogP contribution < -0.4 is 0 Å². The predicted molar refractivity (Wildman–Crippen MR) is 89.6 cm³/mol. The fraction of sp³-hybridized carbons (Fsp3) is 0.684. The van der Waals surface area contributed by atoms with Crippen LogP contribution in [-0.2, 0) is 4.79 Å². The maximum absolute atomic E-state index is 12.4. The Morgan fingerprint density at radius 1 is 1.21 bits per heavy atom. The Kier molecular flexibility index (Phi) is 3.10. The number of Topliss-reactive ketones (excluding diaryl/α,β-unsaturated/α-hetero) is 1. The molecule has 0 aliphatic heterocycles. The number of nitrogens with one attached hydrogen (secondary N) is 1. The number of ketones is 1. The summed E-state index contributed by atoms with van der Waals surface area (Å²) in [6.45, 7) is 2.25. The van der Waals surface area contributed by atoms with Crippen LogP contribution in [0.3, 0.4) is 0 Å². The third-order valence-corrected chi connectivity index (χ3v) is 7.47. The van der Waals surface area contributed by atoms with Crippen LogP contribution in [0.4, 0.5) is 0 Å². The summed E-state index contributed by atoms with van der Waals surface area (Å²) in [5.74, 6) is 4.03. The molecular weight excluding hydrogens is 300 g/mol. The molecule has 1 N–H and O–H groups in total. The molecule has 4 aliphatic carbocycles. The van der Waals surface area contributed by atoms with Crippen molar-refractivity contribution in [3.8, 4) is 0 Å². The Labute approximate surface area is 142 Å². The molecule has 5 rings (SSSR count). The van der Waals surface area contributed by atoms with Gasteiger partial charge in [-0.25, -0.2) is 0 Å². The molecule has 1 aromatic rings. The number of fused-ring (bicyclic) bond motifs is 5. The fourth-order valence-electron chi connectivity index (χ4n) is 6.20. The Bertz CT molecular complexity index is 735. The summed E-state index contributed by atoms with van der Waals surface area (Å²) in [7, 11) is 0. The van der Waals surface area contributed by atoms with Gasteiger partial charge in [-0.05, 0) is 73.0 Å². The lowest BCUT2D eigenvalue weighted by molar-refractivity contribution is -0.130. The molecular formula is C19H24N4O. The maximum Gasteiger partial charge on any atom is 0.200 e. The minimum Gasteiger partial charge on any atom is -0.299 e. The molecule has 0 saturated heterocycles. The number of hydrogen-bond donors (Lipinski definition) is 1. The van der Waals surface area contributed by atoms with Crippen LogP contribution in [0.25, 0.3) is 5.57 Å². The van der Waals surface area contributed by atoms with E-state index in [2.05, 4.69) is 39.7 Å². The van der Waals surface area contributed by atoms with Gasteiger partial charge in [0.2, 0.25) is 5.82 Å². The zero-order valence-electron chi connectivity index (χ0n) is 14.2. The summed E-state index contributed by atoms with van der Waals surface area (Å²) in [6, 6.07) is 0. The van der Waals surface area contributed by atoms with E-state index in [0.717, 1.165) is 43.8 Å². The van der Waals surface area contributed by atoms with Gasteiger partial charge < -0.3 is 0 Å². The van der Waals surface area contributed by atoms with Crippen molar-refractivity contribution in [1.29, 1.82) is 0 Å². The van der Waals surface area contributed by atoms with Gasteiger partial charge in [0.25, 0.3) is 0 Å². The summed E-state index contributed by atoms with van der Waals surface area (Å²) < 4.78 is 0. The van der Waals surface area contributed by atoms with E-state index < -0.39 is 0 Å². The normalized spacial score (nSPS) is 41.1. The number of aromatic amines is 1. The molecule has 4 aliphatic rings. The third kappa shape index (κ3) is 1.93. The van der Waals surface area contributed by atoms with Crippen molar-refractivity contribution in [2.45, 2.75) is 51.9 Å². The molecule has 0 spiro atoms. The van der Waals surface area contributed by atoms with E-state index in [4.69, 9.17) is 0 Å². The second-order valence-corrected chi connectivity index (χ2v) is 8.34. The standard InChI is InChI=1S/C19H24N4O/c1-19-9-8-14-13-4-3-12(18-20-22-23-21-18)10-11(13)2-5-15(14)16(19)6-7-17(19)24/h2,10,13-16H,3-9H2,1H3,(H,20,21,22,23)/t13-,14+,15+,16-,19-/m0/s1. The highest BCUT2D eigenvalue weighted by Crippen LogP contribution is 2.60. The Hall–Kier alpha value is -1.78. The van der Waals surface area contributed by atoms with Crippen molar-refractivity contribution in [1.82, 2.24) is 20.6 Å². The summed E-state index contributed by atoms with van der Waals surface area (Å²) in [5.41, 5.74) is 2.67. The van der Waals surface area contributed by atoms with Gasteiger partial charge in [0.05, 0.1) is 0 Å². The van der Waals surface area contributed by atoms with Crippen LogP contribution >= 0.6 is 0 Å². The Morgan fingerprint density at radius 2 is 2.12 bits per heavy atom. The second kappa shape index (κ2) is 5.11. The number of allylic oxidation sites excluding steroid dienone is 4. The average Bonchev–Trinajstić information content (AvgIpc) is 3.23. The number of tetrazole rings is 1. The van der Waals surface area contributed by atoms with Crippen LogP contribution in [0.5, 0.6) is 0 Å². The molecule has 0 amide bonds. The van der Waals surface area contributed by atoms with E-state index in [0.29, 0.717) is 23.5 Å². The van der Waals surface area contributed by atoms with Gasteiger partial charge in [-0.15, -0.1) is 10.2 Å². The highest BCUT2D eigenvalue weighted by atomic mass is 16.1. The molecule has 5 atom stereocenters. The topological polar surface area (TPSA) is 71.5 Å². The lowest BCUT2D eigenvalue weighted by atomic mass is 9.53. The van der Waals surface area contributed by atoms with Gasteiger partial charge in [0, 0.05) is 17.4 Å². The molecule has 0 radical (unpaired) electrons. The van der Waals surface area contributed by atoms with Crippen molar-refractivity contribution < 1.29 is 4.79 Å². The molecule has 0 aromatic carbocycles. The molecule has 24 heavy (non-hydrogen) atoms. The minimum atomic E-state index is -0.0210. The Morgan fingerprint density at radius 3 is 2.96 bits per heavy atom. The van der Waals surface area contributed by atoms with E-state index >= 15 is 0 Å². The first-order valence-corrected chi connectivity index (χ1v) is 9.34. The van der Waals surface area contributed by atoms with Crippen LogP contribution in [-0.4, -0.2) is 26.4 Å². The van der Waals surface area contributed by atoms with Crippen molar-refractivity contribution >= 4 is 11.4 Å². The SMILES string of the molecule is C[C@]12CC[C@H]3[C@@H](CC=C4C=C(c5nn[nH]n5)CC[C@@H]43)[C@@H]1CCC2=O. The van der Waals surface area contributed by atoms with E-state index in [-0.39, 0.29) is 5.41 Å². The number of hydrogen-bond acceptors (Lipinski definition) is 4. The van der Waals surface area contributed by atoms with Gasteiger partial charge >= 0.3 is 0 Å².